The number of aryl methyl sites for hydroxylation is 1. The third kappa shape index (κ3) is 9.10. The molecule has 0 bridgehead atoms. The van der Waals surface area contributed by atoms with E-state index in [4.69, 9.17) is 19.2 Å². The molecule has 1 amide bonds. The fourth-order valence-corrected chi connectivity index (χ4v) is 6.59. The maximum absolute atomic E-state index is 13.1. The average molecular weight is 638 g/mol. The van der Waals surface area contributed by atoms with Crippen molar-refractivity contribution >= 4 is 35.2 Å². The van der Waals surface area contributed by atoms with Crippen LogP contribution in [0, 0.1) is 6.92 Å². The highest BCUT2D eigenvalue weighted by atomic mass is 32.2. The van der Waals surface area contributed by atoms with Crippen molar-refractivity contribution in [3.63, 3.8) is 0 Å². The van der Waals surface area contributed by atoms with E-state index in [2.05, 4.69) is 4.90 Å². The van der Waals surface area contributed by atoms with E-state index >= 15 is 0 Å². The molecule has 1 aliphatic heterocycles. The summed E-state index contributed by atoms with van der Waals surface area (Å²) in [6.07, 6.45) is -4.72. The van der Waals surface area contributed by atoms with Crippen LogP contribution in [0.25, 0.3) is 10.6 Å². The van der Waals surface area contributed by atoms with Crippen molar-refractivity contribution in [2.24, 2.45) is 0 Å². The molecule has 2 heterocycles. The van der Waals surface area contributed by atoms with Crippen molar-refractivity contribution < 1.29 is 37.0 Å². The Hall–Kier alpha value is -3.29. The summed E-state index contributed by atoms with van der Waals surface area (Å²) in [7, 11) is 0. The Balaban J connectivity index is 1.48. The molecule has 8 nitrogen and oxygen atoms in total. The Labute approximate surface area is 257 Å². The zero-order chi connectivity index (χ0) is 31.0. The number of alkyl halides is 3. The van der Waals surface area contributed by atoms with Crippen LogP contribution in [0.5, 0.6) is 5.75 Å². The topological polar surface area (TPSA) is 81.2 Å². The van der Waals surface area contributed by atoms with E-state index in [9.17, 15) is 22.8 Å². The van der Waals surface area contributed by atoms with E-state index in [1.54, 1.807) is 30.5 Å². The summed E-state index contributed by atoms with van der Waals surface area (Å²) < 4.78 is 55.0. The standard InChI is InChI=1S/C30H34F3N3O5S2/c1-4-39-27(37)18-41-25-11-10-23(16-20(25)3)42-19-26-24(17-35-12-14-36(15-13-35)29(38)40-5-2)34-28(43-26)21-6-8-22(9-7-21)30(31,32)33/h6-11,16H,4-5,12-15,17-19H2,1-3H3. The second-order valence-electron chi connectivity index (χ2n) is 9.74. The van der Waals surface area contributed by atoms with Gasteiger partial charge < -0.3 is 19.1 Å². The van der Waals surface area contributed by atoms with Crippen LogP contribution in [0.15, 0.2) is 47.4 Å². The van der Waals surface area contributed by atoms with Crippen LogP contribution in [-0.4, -0.2) is 72.8 Å². The highest BCUT2D eigenvalue weighted by Crippen LogP contribution is 2.36. The number of carbonyl (C=O) groups excluding carboxylic acids is 2. The molecule has 13 heteroatoms. The molecule has 43 heavy (non-hydrogen) atoms. The second kappa shape index (κ2) is 14.9. The molecule has 4 rings (SSSR count). The Kier molecular flexibility index (Phi) is 11.3. The van der Waals surface area contributed by atoms with Gasteiger partial charge in [0, 0.05) is 53.8 Å². The molecule has 0 radical (unpaired) electrons. The number of hydrogen-bond donors (Lipinski definition) is 0. The zero-order valence-electron chi connectivity index (χ0n) is 24.2. The van der Waals surface area contributed by atoms with Gasteiger partial charge in [-0.2, -0.15) is 13.2 Å². The molecule has 3 aromatic rings. The molecule has 1 aromatic heterocycles. The molecule has 1 saturated heterocycles. The molecule has 1 fully saturated rings. The molecule has 0 spiro atoms. The van der Waals surface area contributed by atoms with E-state index in [0.717, 1.165) is 33.2 Å². The van der Waals surface area contributed by atoms with Gasteiger partial charge >= 0.3 is 18.2 Å². The number of rotatable bonds is 11. The summed E-state index contributed by atoms with van der Waals surface area (Å²) in [6.45, 7) is 8.84. The van der Waals surface area contributed by atoms with Crippen molar-refractivity contribution in [2.75, 3.05) is 46.0 Å². The predicted molar refractivity (Wildman–Crippen MR) is 159 cm³/mol. The quantitative estimate of drug-likeness (QED) is 0.171. The molecule has 0 atom stereocenters. The number of piperazine rings is 1. The van der Waals surface area contributed by atoms with E-state index < -0.39 is 17.7 Å². The van der Waals surface area contributed by atoms with Gasteiger partial charge in [0.2, 0.25) is 0 Å². The number of amides is 1. The first-order chi connectivity index (χ1) is 20.6. The number of benzene rings is 2. The number of halogens is 3. The van der Waals surface area contributed by atoms with Crippen LogP contribution in [0.1, 0.15) is 35.5 Å². The van der Waals surface area contributed by atoms with Gasteiger partial charge in [0.1, 0.15) is 10.8 Å². The summed E-state index contributed by atoms with van der Waals surface area (Å²) in [5.74, 6) is 0.783. The normalized spacial score (nSPS) is 14.0. The molecular formula is C30H34F3N3O5S2. The van der Waals surface area contributed by atoms with E-state index in [1.165, 1.54) is 23.5 Å². The number of thiazole rings is 1. The van der Waals surface area contributed by atoms with Crippen LogP contribution in [0.3, 0.4) is 0 Å². The fraction of sp³-hybridized carbons (Fsp3) is 0.433. The Bertz CT molecular complexity index is 1390. The highest BCUT2D eigenvalue weighted by Gasteiger charge is 2.30. The number of ether oxygens (including phenoxy) is 3. The first-order valence-electron chi connectivity index (χ1n) is 13.9. The van der Waals surface area contributed by atoms with Gasteiger partial charge in [-0.15, -0.1) is 23.1 Å². The molecule has 0 unspecified atom stereocenters. The Morgan fingerprint density at radius 1 is 1.00 bits per heavy atom. The molecule has 1 aliphatic rings. The van der Waals surface area contributed by atoms with Gasteiger partial charge in [-0.1, -0.05) is 12.1 Å². The van der Waals surface area contributed by atoms with E-state index in [1.807, 2.05) is 25.1 Å². The van der Waals surface area contributed by atoms with Gasteiger partial charge in [0.05, 0.1) is 24.5 Å². The number of thioether (sulfide) groups is 1. The molecular weight excluding hydrogens is 603 g/mol. The molecule has 2 aromatic carbocycles. The summed E-state index contributed by atoms with van der Waals surface area (Å²) in [5, 5.41) is 0.656. The van der Waals surface area contributed by atoms with Crippen molar-refractivity contribution in [1.82, 2.24) is 14.8 Å². The van der Waals surface area contributed by atoms with Crippen LogP contribution in [0.4, 0.5) is 18.0 Å². The van der Waals surface area contributed by atoms with Gasteiger partial charge in [-0.05, 0) is 56.7 Å². The Morgan fingerprint density at radius 2 is 1.70 bits per heavy atom. The van der Waals surface area contributed by atoms with Crippen LogP contribution in [-0.2, 0) is 32.7 Å². The lowest BCUT2D eigenvalue weighted by Gasteiger charge is -2.33. The van der Waals surface area contributed by atoms with Gasteiger partial charge in [0.15, 0.2) is 6.61 Å². The number of hydrogen-bond acceptors (Lipinski definition) is 9. The average Bonchev–Trinajstić information content (AvgIpc) is 3.38. The largest absolute Gasteiger partial charge is 0.482 e. The maximum atomic E-state index is 13.1. The van der Waals surface area contributed by atoms with Crippen molar-refractivity contribution in [3.8, 4) is 16.3 Å². The minimum atomic E-state index is -4.41. The van der Waals surface area contributed by atoms with Gasteiger partial charge in [-0.3, -0.25) is 4.90 Å². The van der Waals surface area contributed by atoms with Crippen molar-refractivity contribution in [2.45, 2.75) is 44.1 Å². The molecule has 0 saturated carbocycles. The SMILES string of the molecule is CCOC(=O)COc1ccc(SCc2sc(-c3ccc(C(F)(F)F)cc3)nc2CN2CCN(C(=O)OCC)CC2)cc1C. The zero-order valence-corrected chi connectivity index (χ0v) is 25.9. The maximum Gasteiger partial charge on any atom is 0.416 e. The summed E-state index contributed by atoms with van der Waals surface area (Å²) in [6, 6.07) is 10.8. The predicted octanol–water partition coefficient (Wildman–Crippen LogP) is 6.65. The number of carbonyl (C=O) groups is 2. The highest BCUT2D eigenvalue weighted by molar-refractivity contribution is 7.98. The Morgan fingerprint density at radius 3 is 2.33 bits per heavy atom. The van der Waals surface area contributed by atoms with Crippen LogP contribution >= 0.6 is 23.1 Å². The number of esters is 1. The smallest absolute Gasteiger partial charge is 0.416 e. The summed E-state index contributed by atoms with van der Waals surface area (Å²) >= 11 is 3.08. The summed E-state index contributed by atoms with van der Waals surface area (Å²) in [4.78, 5) is 34.5. The lowest BCUT2D eigenvalue weighted by Crippen LogP contribution is -2.48. The van der Waals surface area contributed by atoms with E-state index in [-0.39, 0.29) is 12.7 Å². The minimum absolute atomic E-state index is 0.161. The summed E-state index contributed by atoms with van der Waals surface area (Å²) in [5.41, 5.74) is 1.67. The lowest BCUT2D eigenvalue weighted by molar-refractivity contribution is -0.145. The third-order valence-corrected chi connectivity index (χ3v) is 9.03. The third-order valence-electron chi connectivity index (χ3n) is 6.68. The monoisotopic (exact) mass is 637 g/mol. The van der Waals surface area contributed by atoms with Crippen LogP contribution < -0.4 is 4.74 Å². The first kappa shape index (κ1) is 32.6. The fourth-order valence-electron chi connectivity index (χ4n) is 4.42. The van der Waals surface area contributed by atoms with E-state index in [0.29, 0.717) is 68.0 Å². The molecule has 232 valence electrons. The first-order valence-corrected chi connectivity index (χ1v) is 15.7. The molecule has 0 N–H and O–H groups in total. The number of nitrogens with zero attached hydrogens (tertiary/aromatic N) is 3. The van der Waals surface area contributed by atoms with Gasteiger partial charge in [0.25, 0.3) is 0 Å². The number of aromatic nitrogens is 1. The minimum Gasteiger partial charge on any atom is -0.482 e. The van der Waals surface area contributed by atoms with Crippen molar-refractivity contribution in [3.05, 3.63) is 64.2 Å². The van der Waals surface area contributed by atoms with Gasteiger partial charge in [-0.25, -0.2) is 14.6 Å². The molecule has 0 aliphatic carbocycles. The lowest BCUT2D eigenvalue weighted by atomic mass is 10.1. The van der Waals surface area contributed by atoms with Crippen LogP contribution in [0.2, 0.25) is 0 Å². The van der Waals surface area contributed by atoms with Crippen molar-refractivity contribution in [1.29, 1.82) is 0 Å². The second-order valence-corrected chi connectivity index (χ2v) is 11.9.